The van der Waals surface area contributed by atoms with E-state index >= 15 is 0 Å². The van der Waals surface area contributed by atoms with E-state index in [9.17, 15) is 18.0 Å². The Morgan fingerprint density at radius 1 is 1.24 bits per heavy atom. The lowest BCUT2D eigenvalue weighted by Gasteiger charge is -2.22. The molecule has 2 amide bonds. The number of fused-ring (bicyclic) bond motifs is 1. The van der Waals surface area contributed by atoms with Crippen molar-refractivity contribution < 1.29 is 18.0 Å². The molecular weight excluding hydrogens is 410 g/mol. The predicted octanol–water partition coefficient (Wildman–Crippen LogP) is 2.20. The second-order valence-electron chi connectivity index (χ2n) is 7.52. The van der Waals surface area contributed by atoms with Crippen molar-refractivity contribution in [1.82, 2.24) is 4.90 Å². The number of primary amides is 1. The Morgan fingerprint density at radius 3 is 2.48 bits per heavy atom. The van der Waals surface area contributed by atoms with Gasteiger partial charge in [-0.3, -0.25) is 9.59 Å². The lowest BCUT2D eigenvalue weighted by Crippen LogP contribution is -2.27. The summed E-state index contributed by atoms with van der Waals surface area (Å²) in [5, 5.41) is 2.80. The molecule has 0 bridgehead atoms. The molecule has 0 aliphatic carbocycles. The number of benzene rings is 1. The molecule has 1 aliphatic heterocycles. The standard InChI is InChI=1S/C20H25N3O4S2/c1-12(2)29(26,27)14-6-4-13(5-7-14)10-17(24)22-20-18(19(21)25)15-8-9-23(3)11-16(15)28-20/h4-7,12H,8-11H2,1-3H3,(H2,21,25)(H,22,24). The van der Waals surface area contributed by atoms with Crippen molar-refractivity contribution in [3.05, 3.63) is 45.8 Å². The van der Waals surface area contributed by atoms with Crippen LogP contribution in [0, 0.1) is 0 Å². The number of likely N-dealkylation sites (N-methyl/N-ethyl adjacent to an activating group) is 1. The van der Waals surface area contributed by atoms with E-state index in [0.717, 1.165) is 30.0 Å². The van der Waals surface area contributed by atoms with Crippen LogP contribution in [0.15, 0.2) is 29.2 Å². The molecule has 29 heavy (non-hydrogen) atoms. The molecule has 9 heteroatoms. The van der Waals surface area contributed by atoms with E-state index in [0.29, 0.717) is 16.1 Å². The van der Waals surface area contributed by atoms with E-state index in [1.165, 1.54) is 23.5 Å². The van der Waals surface area contributed by atoms with Gasteiger partial charge < -0.3 is 16.0 Å². The number of sulfone groups is 1. The first-order valence-corrected chi connectivity index (χ1v) is 11.7. The summed E-state index contributed by atoms with van der Waals surface area (Å²) < 4.78 is 24.4. The van der Waals surface area contributed by atoms with Crippen molar-refractivity contribution in [1.29, 1.82) is 0 Å². The Hall–Kier alpha value is -2.23. The molecule has 2 aromatic rings. The zero-order valence-electron chi connectivity index (χ0n) is 16.7. The predicted molar refractivity (Wildman–Crippen MR) is 114 cm³/mol. The van der Waals surface area contributed by atoms with Gasteiger partial charge in [-0.05, 0) is 50.6 Å². The molecule has 1 aromatic carbocycles. The third-order valence-corrected chi connectivity index (χ3v) is 8.29. The SMILES string of the molecule is CC(C)S(=O)(=O)c1ccc(CC(=O)Nc2sc3c(c2C(N)=O)CCN(C)C3)cc1. The molecule has 3 rings (SSSR count). The highest BCUT2D eigenvalue weighted by Crippen LogP contribution is 2.36. The Kier molecular flexibility index (Phi) is 6.11. The average molecular weight is 436 g/mol. The molecule has 0 atom stereocenters. The maximum absolute atomic E-state index is 12.5. The quantitative estimate of drug-likeness (QED) is 0.723. The van der Waals surface area contributed by atoms with E-state index < -0.39 is 21.0 Å². The summed E-state index contributed by atoms with van der Waals surface area (Å²) in [4.78, 5) is 27.9. The Bertz CT molecular complexity index is 1040. The van der Waals surface area contributed by atoms with Crippen LogP contribution in [-0.4, -0.2) is 44.0 Å². The van der Waals surface area contributed by atoms with Crippen molar-refractivity contribution in [2.75, 3.05) is 18.9 Å². The first kappa shape index (κ1) is 21.5. The van der Waals surface area contributed by atoms with Crippen molar-refractivity contribution in [2.45, 2.75) is 43.4 Å². The minimum absolute atomic E-state index is 0.0721. The van der Waals surface area contributed by atoms with Crippen LogP contribution in [0.25, 0.3) is 0 Å². The number of thiophene rings is 1. The number of rotatable bonds is 6. The van der Waals surface area contributed by atoms with Gasteiger partial charge in [0.25, 0.3) is 5.91 Å². The molecule has 0 radical (unpaired) electrons. The van der Waals surface area contributed by atoms with Crippen molar-refractivity contribution in [3.63, 3.8) is 0 Å². The molecule has 0 saturated carbocycles. The van der Waals surface area contributed by atoms with Crippen molar-refractivity contribution in [2.24, 2.45) is 5.73 Å². The second kappa shape index (κ2) is 8.25. The molecule has 156 valence electrons. The number of nitrogens with one attached hydrogen (secondary N) is 1. The number of carbonyl (C=O) groups is 2. The smallest absolute Gasteiger partial charge is 0.251 e. The van der Waals surface area contributed by atoms with E-state index in [1.807, 2.05) is 7.05 Å². The van der Waals surface area contributed by atoms with E-state index in [1.54, 1.807) is 26.0 Å². The topological polar surface area (TPSA) is 110 Å². The average Bonchev–Trinajstić information content (AvgIpc) is 2.98. The van der Waals surface area contributed by atoms with Gasteiger partial charge in [0, 0.05) is 18.0 Å². The molecule has 0 fully saturated rings. The minimum atomic E-state index is -3.35. The van der Waals surface area contributed by atoms with E-state index in [2.05, 4.69) is 10.2 Å². The first-order valence-electron chi connectivity index (χ1n) is 9.35. The van der Waals surface area contributed by atoms with Crippen LogP contribution in [0.3, 0.4) is 0 Å². The Balaban J connectivity index is 1.76. The lowest BCUT2D eigenvalue weighted by atomic mass is 10.0. The first-order chi connectivity index (χ1) is 13.6. The molecule has 0 saturated heterocycles. The second-order valence-corrected chi connectivity index (χ2v) is 11.1. The number of anilines is 1. The normalized spacial score (nSPS) is 14.6. The van der Waals surface area contributed by atoms with Crippen molar-refractivity contribution >= 4 is 38.0 Å². The van der Waals surface area contributed by atoms with Crippen LogP contribution in [-0.2, 0) is 34.0 Å². The van der Waals surface area contributed by atoms with Gasteiger partial charge in [0.05, 0.1) is 22.1 Å². The highest BCUT2D eigenvalue weighted by atomic mass is 32.2. The van der Waals surface area contributed by atoms with E-state index in [-0.39, 0.29) is 17.2 Å². The fourth-order valence-electron chi connectivity index (χ4n) is 3.31. The summed E-state index contributed by atoms with van der Waals surface area (Å²) in [6.45, 7) is 4.82. The van der Waals surface area contributed by atoms with Gasteiger partial charge in [-0.25, -0.2) is 8.42 Å². The fraction of sp³-hybridized carbons (Fsp3) is 0.400. The molecule has 7 nitrogen and oxygen atoms in total. The highest BCUT2D eigenvalue weighted by Gasteiger charge is 2.26. The van der Waals surface area contributed by atoms with Gasteiger partial charge in [0.1, 0.15) is 5.00 Å². The van der Waals surface area contributed by atoms with Gasteiger partial charge in [0.15, 0.2) is 9.84 Å². The summed E-state index contributed by atoms with van der Waals surface area (Å²) in [6.07, 6.45) is 0.797. The molecule has 1 aliphatic rings. The van der Waals surface area contributed by atoms with Crippen LogP contribution >= 0.6 is 11.3 Å². The van der Waals surface area contributed by atoms with Gasteiger partial charge in [-0.2, -0.15) is 0 Å². The van der Waals surface area contributed by atoms with Gasteiger partial charge in [-0.15, -0.1) is 11.3 Å². The fourth-order valence-corrected chi connectivity index (χ4v) is 5.71. The molecule has 2 heterocycles. The summed E-state index contributed by atoms with van der Waals surface area (Å²) in [5.41, 5.74) is 7.60. The summed E-state index contributed by atoms with van der Waals surface area (Å²) in [7, 11) is -1.34. The molecule has 3 N–H and O–H groups in total. The summed E-state index contributed by atoms with van der Waals surface area (Å²) >= 11 is 1.39. The number of amides is 2. The van der Waals surface area contributed by atoms with Crippen LogP contribution in [0.4, 0.5) is 5.00 Å². The number of nitrogens with zero attached hydrogens (tertiary/aromatic N) is 1. The zero-order valence-corrected chi connectivity index (χ0v) is 18.3. The number of hydrogen-bond donors (Lipinski definition) is 2. The Morgan fingerprint density at radius 2 is 1.90 bits per heavy atom. The minimum Gasteiger partial charge on any atom is -0.365 e. The van der Waals surface area contributed by atoms with Crippen LogP contribution < -0.4 is 11.1 Å². The summed E-state index contributed by atoms with van der Waals surface area (Å²) in [5.74, 6) is -0.815. The highest BCUT2D eigenvalue weighted by molar-refractivity contribution is 7.92. The molecular formula is C20H25N3O4S2. The maximum atomic E-state index is 12.5. The number of nitrogens with two attached hydrogens (primary N) is 1. The van der Waals surface area contributed by atoms with Crippen LogP contribution in [0.1, 0.15) is 40.2 Å². The third-order valence-electron chi connectivity index (χ3n) is 4.98. The zero-order chi connectivity index (χ0) is 21.3. The van der Waals surface area contributed by atoms with Gasteiger partial charge in [-0.1, -0.05) is 12.1 Å². The van der Waals surface area contributed by atoms with Crippen LogP contribution in [0.5, 0.6) is 0 Å². The number of carbonyl (C=O) groups excluding carboxylic acids is 2. The monoisotopic (exact) mass is 435 g/mol. The summed E-state index contributed by atoms with van der Waals surface area (Å²) in [6, 6.07) is 6.31. The lowest BCUT2D eigenvalue weighted by molar-refractivity contribution is -0.115. The largest absolute Gasteiger partial charge is 0.365 e. The van der Waals surface area contributed by atoms with E-state index in [4.69, 9.17) is 5.73 Å². The van der Waals surface area contributed by atoms with Gasteiger partial charge in [0.2, 0.25) is 5.91 Å². The maximum Gasteiger partial charge on any atom is 0.251 e. The van der Waals surface area contributed by atoms with Crippen LogP contribution in [0.2, 0.25) is 0 Å². The van der Waals surface area contributed by atoms with Crippen molar-refractivity contribution in [3.8, 4) is 0 Å². The molecule has 1 aromatic heterocycles. The molecule has 0 unspecified atom stereocenters. The van der Waals surface area contributed by atoms with Gasteiger partial charge >= 0.3 is 0 Å². The Labute approximate surface area is 174 Å². The third kappa shape index (κ3) is 4.52. The molecule has 0 spiro atoms. The number of hydrogen-bond acceptors (Lipinski definition) is 6.